The zero-order valence-corrected chi connectivity index (χ0v) is 14.9. The highest BCUT2D eigenvalue weighted by molar-refractivity contribution is 5.84. The van der Waals surface area contributed by atoms with E-state index in [0.717, 1.165) is 5.56 Å². The van der Waals surface area contributed by atoms with Gasteiger partial charge < -0.3 is 16.8 Å². The molecule has 26 heavy (non-hydrogen) atoms. The van der Waals surface area contributed by atoms with Gasteiger partial charge in [-0.15, -0.1) is 0 Å². The van der Waals surface area contributed by atoms with E-state index < -0.39 is 11.9 Å². The molecule has 134 valence electrons. The van der Waals surface area contributed by atoms with Crippen LogP contribution in [0.15, 0.2) is 66.9 Å². The Morgan fingerprint density at radius 3 is 2.15 bits per heavy atom. The highest BCUT2D eigenvalue weighted by atomic mass is 16.1. The molecule has 1 heterocycles. The summed E-state index contributed by atoms with van der Waals surface area (Å²) in [4.78, 5) is 19.4. The number of carbonyl (C=O) groups is 1. The van der Waals surface area contributed by atoms with Crippen molar-refractivity contribution in [3.05, 3.63) is 83.6 Å². The normalized spacial score (nSPS) is 11.0. The Morgan fingerprint density at radius 2 is 1.65 bits per heavy atom. The Bertz CT molecular complexity index is 834. The van der Waals surface area contributed by atoms with Gasteiger partial charge in [0.2, 0.25) is 11.9 Å². The van der Waals surface area contributed by atoms with Gasteiger partial charge in [-0.3, -0.25) is 4.79 Å². The highest BCUT2D eigenvalue weighted by Gasteiger charge is 2.18. The number of aryl methyl sites for hydroxylation is 2. The lowest BCUT2D eigenvalue weighted by Gasteiger charge is -2.15. The summed E-state index contributed by atoms with van der Waals surface area (Å²) in [5.74, 6) is 0.0821. The molecule has 0 aliphatic heterocycles. The molecule has 0 radical (unpaired) electrons. The van der Waals surface area contributed by atoms with E-state index in [9.17, 15) is 4.79 Å². The van der Waals surface area contributed by atoms with Crippen molar-refractivity contribution in [1.82, 2.24) is 9.97 Å². The molecular formula is C20H23N5O. The maximum Gasteiger partial charge on any atom is 0.244 e. The molecule has 5 N–H and O–H groups in total. The van der Waals surface area contributed by atoms with Gasteiger partial charge >= 0.3 is 0 Å². The van der Waals surface area contributed by atoms with Gasteiger partial charge in [-0.05, 0) is 25.5 Å². The van der Waals surface area contributed by atoms with Crippen LogP contribution in [0.1, 0.15) is 22.7 Å². The number of amides is 1. The number of rotatable bonds is 4. The van der Waals surface area contributed by atoms with Crippen molar-refractivity contribution in [3.63, 3.8) is 0 Å². The van der Waals surface area contributed by atoms with Crippen LogP contribution in [0.25, 0.3) is 0 Å². The maximum atomic E-state index is 11.5. The first-order valence-corrected chi connectivity index (χ1v) is 8.18. The first-order chi connectivity index (χ1) is 12.5. The number of aromatic nitrogens is 2. The lowest BCUT2D eigenvalue weighted by atomic mass is 10.1. The standard InChI is InChI=1S/C12H13N5O.C8H10/c13-9-6-7-15-12(16-9)17-10(11(14)18)8-4-2-1-3-5-8;1-7-4-3-5-8(2)6-7/h1-7,10H,(H2,14,18)(H3,13,15,16,17);3-6H,1-2H3. The van der Waals surface area contributed by atoms with E-state index in [1.54, 1.807) is 18.2 Å². The Labute approximate surface area is 153 Å². The average molecular weight is 349 g/mol. The highest BCUT2D eigenvalue weighted by Crippen LogP contribution is 2.16. The minimum absolute atomic E-state index is 0.266. The quantitative estimate of drug-likeness (QED) is 0.671. The third-order valence-electron chi connectivity index (χ3n) is 3.54. The Hall–Kier alpha value is -3.41. The van der Waals surface area contributed by atoms with E-state index in [2.05, 4.69) is 53.4 Å². The van der Waals surface area contributed by atoms with Crippen LogP contribution >= 0.6 is 0 Å². The van der Waals surface area contributed by atoms with Crippen LogP contribution in [-0.2, 0) is 4.79 Å². The molecule has 2 aromatic carbocycles. The fraction of sp³-hybridized carbons (Fsp3) is 0.150. The second-order valence-corrected chi connectivity index (χ2v) is 5.85. The van der Waals surface area contributed by atoms with Gasteiger partial charge in [0.1, 0.15) is 11.9 Å². The van der Waals surface area contributed by atoms with Crippen molar-refractivity contribution in [2.75, 3.05) is 11.1 Å². The number of nitrogen functional groups attached to an aromatic ring is 1. The number of nitrogens with one attached hydrogen (secondary N) is 1. The molecule has 0 saturated heterocycles. The number of primary amides is 1. The molecule has 0 saturated carbocycles. The number of carbonyl (C=O) groups excluding carboxylic acids is 1. The molecule has 1 unspecified atom stereocenters. The van der Waals surface area contributed by atoms with Crippen molar-refractivity contribution >= 4 is 17.7 Å². The van der Waals surface area contributed by atoms with Crippen LogP contribution in [0.2, 0.25) is 0 Å². The van der Waals surface area contributed by atoms with Crippen molar-refractivity contribution in [3.8, 4) is 0 Å². The number of hydrogen-bond acceptors (Lipinski definition) is 5. The zero-order valence-electron chi connectivity index (χ0n) is 14.9. The summed E-state index contributed by atoms with van der Waals surface area (Å²) in [5, 5.41) is 2.86. The van der Waals surface area contributed by atoms with Crippen LogP contribution in [0.3, 0.4) is 0 Å². The fourth-order valence-electron chi connectivity index (χ4n) is 2.34. The zero-order chi connectivity index (χ0) is 18.9. The van der Waals surface area contributed by atoms with Gasteiger partial charge in [0.15, 0.2) is 0 Å². The van der Waals surface area contributed by atoms with Crippen molar-refractivity contribution in [2.24, 2.45) is 5.73 Å². The first-order valence-electron chi connectivity index (χ1n) is 8.18. The summed E-state index contributed by atoms with van der Waals surface area (Å²) in [5.41, 5.74) is 14.3. The summed E-state index contributed by atoms with van der Waals surface area (Å²) < 4.78 is 0. The molecule has 6 heteroatoms. The molecule has 1 aromatic heterocycles. The molecule has 3 aromatic rings. The van der Waals surface area contributed by atoms with Gasteiger partial charge in [0.25, 0.3) is 0 Å². The van der Waals surface area contributed by atoms with E-state index in [1.165, 1.54) is 17.3 Å². The third-order valence-corrected chi connectivity index (χ3v) is 3.54. The Kier molecular flexibility index (Phi) is 6.68. The largest absolute Gasteiger partial charge is 0.384 e. The molecular weight excluding hydrogens is 326 g/mol. The van der Waals surface area contributed by atoms with Crippen LogP contribution in [0.5, 0.6) is 0 Å². The van der Waals surface area contributed by atoms with E-state index in [0.29, 0.717) is 5.82 Å². The van der Waals surface area contributed by atoms with Crippen molar-refractivity contribution in [1.29, 1.82) is 0 Å². The van der Waals surface area contributed by atoms with E-state index in [1.807, 2.05) is 18.2 Å². The first kappa shape index (κ1) is 18.9. The summed E-state index contributed by atoms with van der Waals surface area (Å²) >= 11 is 0. The second-order valence-electron chi connectivity index (χ2n) is 5.85. The third kappa shape index (κ3) is 5.90. The number of hydrogen-bond donors (Lipinski definition) is 3. The number of anilines is 2. The van der Waals surface area contributed by atoms with Gasteiger partial charge in [-0.1, -0.05) is 65.7 Å². The monoisotopic (exact) mass is 349 g/mol. The second kappa shape index (κ2) is 9.17. The predicted molar refractivity (Wildman–Crippen MR) is 104 cm³/mol. The van der Waals surface area contributed by atoms with Crippen LogP contribution in [-0.4, -0.2) is 15.9 Å². The van der Waals surface area contributed by atoms with E-state index in [4.69, 9.17) is 11.5 Å². The predicted octanol–water partition coefficient (Wildman–Crippen LogP) is 3.00. The van der Waals surface area contributed by atoms with Crippen molar-refractivity contribution < 1.29 is 4.79 Å². The molecule has 0 spiro atoms. The maximum absolute atomic E-state index is 11.5. The average Bonchev–Trinajstić information content (AvgIpc) is 2.61. The number of nitrogens with two attached hydrogens (primary N) is 2. The van der Waals surface area contributed by atoms with Crippen LogP contribution in [0.4, 0.5) is 11.8 Å². The topological polar surface area (TPSA) is 107 Å². The Morgan fingerprint density at radius 1 is 1.00 bits per heavy atom. The smallest absolute Gasteiger partial charge is 0.244 e. The molecule has 0 aliphatic carbocycles. The van der Waals surface area contributed by atoms with Gasteiger partial charge in [0, 0.05) is 6.20 Å². The molecule has 0 aliphatic rings. The fourth-order valence-corrected chi connectivity index (χ4v) is 2.34. The summed E-state index contributed by atoms with van der Waals surface area (Å²) in [6, 6.07) is 18.4. The van der Waals surface area contributed by atoms with Crippen LogP contribution in [0, 0.1) is 13.8 Å². The van der Waals surface area contributed by atoms with Gasteiger partial charge in [-0.25, -0.2) is 4.98 Å². The Balaban J connectivity index is 0.000000254. The van der Waals surface area contributed by atoms with Gasteiger partial charge in [-0.2, -0.15) is 4.98 Å². The lowest BCUT2D eigenvalue weighted by Crippen LogP contribution is -2.28. The van der Waals surface area contributed by atoms with Crippen LogP contribution < -0.4 is 16.8 Å². The minimum atomic E-state index is -0.687. The summed E-state index contributed by atoms with van der Waals surface area (Å²) in [7, 11) is 0. The van der Waals surface area contributed by atoms with E-state index >= 15 is 0 Å². The van der Waals surface area contributed by atoms with Gasteiger partial charge in [0.05, 0.1) is 0 Å². The minimum Gasteiger partial charge on any atom is -0.384 e. The lowest BCUT2D eigenvalue weighted by molar-refractivity contribution is -0.118. The number of benzene rings is 2. The number of nitrogens with zero attached hydrogens (tertiary/aromatic N) is 2. The molecule has 6 nitrogen and oxygen atoms in total. The molecule has 1 atom stereocenters. The summed E-state index contributed by atoms with van der Waals surface area (Å²) in [6.07, 6.45) is 1.51. The summed E-state index contributed by atoms with van der Waals surface area (Å²) in [6.45, 7) is 4.21. The molecule has 0 bridgehead atoms. The molecule has 1 amide bonds. The molecule has 0 fully saturated rings. The van der Waals surface area contributed by atoms with E-state index in [-0.39, 0.29) is 5.95 Å². The molecule has 3 rings (SSSR count). The SMILES string of the molecule is Cc1cccc(C)c1.NC(=O)C(Nc1nccc(N)n1)c1ccccc1. The van der Waals surface area contributed by atoms with Crippen molar-refractivity contribution in [2.45, 2.75) is 19.9 Å².